The molecule has 2 aromatic rings. The Kier molecular flexibility index (Phi) is 5.40. The summed E-state index contributed by atoms with van der Waals surface area (Å²) in [5, 5.41) is 2.99. The number of ether oxygens (including phenoxy) is 2. The highest BCUT2D eigenvalue weighted by atomic mass is 35.5. The summed E-state index contributed by atoms with van der Waals surface area (Å²) >= 11 is 5.63. The molecule has 30 heavy (non-hydrogen) atoms. The largest absolute Gasteiger partial charge is 0.484 e. The average molecular weight is 433 g/mol. The molecule has 1 heterocycles. The summed E-state index contributed by atoms with van der Waals surface area (Å²) in [5.41, 5.74) is 0.179. The van der Waals surface area contributed by atoms with Crippen LogP contribution in [0.5, 0.6) is 11.6 Å². The Morgan fingerprint density at radius 1 is 1.23 bits per heavy atom. The lowest BCUT2D eigenvalue weighted by atomic mass is 9.38. The molecule has 3 fully saturated rings. The number of halogens is 2. The minimum atomic E-state index is -0.596. The number of Topliss-reactive ketones (excluding diaryl/α,β-unsaturated/α-hetero) is 1. The number of nitrogens with one attached hydrogen (secondary N) is 1. The molecule has 0 saturated heterocycles. The van der Waals surface area contributed by atoms with E-state index in [9.17, 15) is 14.0 Å². The average Bonchev–Trinajstić information content (AvgIpc) is 2.67. The van der Waals surface area contributed by atoms with Crippen molar-refractivity contribution in [3.63, 3.8) is 0 Å². The molecule has 0 aliphatic heterocycles. The first-order valence-corrected chi connectivity index (χ1v) is 10.2. The third-order valence-corrected chi connectivity index (χ3v) is 6.00. The first kappa shape index (κ1) is 20.6. The molecule has 1 aromatic heterocycles. The topological polar surface area (TPSA) is 77.5 Å². The monoisotopic (exact) mass is 432 g/mol. The first-order chi connectivity index (χ1) is 14.3. The molecular weight excluding hydrogens is 411 g/mol. The molecule has 3 aliphatic rings. The maximum Gasteiger partial charge on any atom is 0.258 e. The fraction of sp³-hybridized carbons (Fsp3) is 0.409. The molecule has 5 rings (SSSR count). The van der Waals surface area contributed by atoms with Crippen LogP contribution in [0.3, 0.4) is 0 Å². The summed E-state index contributed by atoms with van der Waals surface area (Å²) in [4.78, 5) is 29.1. The molecule has 1 amide bonds. The van der Waals surface area contributed by atoms with Crippen molar-refractivity contribution in [2.45, 2.75) is 38.1 Å². The second-order valence-corrected chi connectivity index (χ2v) is 8.52. The molecule has 8 heteroatoms. The van der Waals surface area contributed by atoms with Gasteiger partial charge in [-0.1, -0.05) is 11.6 Å². The number of hydrogen-bond donors (Lipinski definition) is 1. The molecular formula is C22H22ClFN2O4. The van der Waals surface area contributed by atoms with E-state index in [1.54, 1.807) is 18.3 Å². The lowest BCUT2D eigenvalue weighted by molar-refractivity contribution is -0.164. The number of hydrogen-bond acceptors (Lipinski definition) is 5. The van der Waals surface area contributed by atoms with E-state index in [0.717, 1.165) is 25.3 Å². The van der Waals surface area contributed by atoms with E-state index in [0.29, 0.717) is 24.5 Å². The molecule has 3 saturated carbocycles. The van der Waals surface area contributed by atoms with Crippen molar-refractivity contribution in [3.05, 3.63) is 52.9 Å². The van der Waals surface area contributed by atoms with Crippen molar-refractivity contribution in [1.29, 1.82) is 0 Å². The third-order valence-electron chi connectivity index (χ3n) is 5.69. The van der Waals surface area contributed by atoms with Crippen molar-refractivity contribution < 1.29 is 23.5 Å². The quantitative estimate of drug-likeness (QED) is 0.607. The number of aromatic nitrogens is 1. The van der Waals surface area contributed by atoms with Gasteiger partial charge in [-0.15, -0.1) is 0 Å². The molecule has 1 N–H and O–H groups in total. The number of amides is 1. The van der Waals surface area contributed by atoms with Gasteiger partial charge in [0.15, 0.2) is 12.4 Å². The van der Waals surface area contributed by atoms with Crippen LogP contribution in [0, 0.1) is 11.2 Å². The zero-order valence-electron chi connectivity index (χ0n) is 16.5. The van der Waals surface area contributed by atoms with Crippen LogP contribution in [-0.2, 0) is 4.79 Å². The van der Waals surface area contributed by atoms with Crippen molar-refractivity contribution in [1.82, 2.24) is 10.3 Å². The van der Waals surface area contributed by atoms with Gasteiger partial charge in [-0.05, 0) is 55.9 Å². The highest BCUT2D eigenvalue weighted by molar-refractivity contribution is 6.30. The van der Waals surface area contributed by atoms with E-state index in [-0.39, 0.29) is 40.0 Å². The minimum Gasteiger partial charge on any atom is -0.484 e. The van der Waals surface area contributed by atoms with Gasteiger partial charge in [-0.25, -0.2) is 9.37 Å². The standard InChI is InChI=1S/C22H22ClFN2O4/c1-2-29-20-15(4-3-7-25-20)18(27)9-21-11-22(12-21,13-21)26-19(28)10-30-14-5-6-16(23)17(24)8-14/h3-8H,2,9-13H2,1H3,(H,26,28). The minimum absolute atomic E-state index is 0.000162. The zero-order chi connectivity index (χ0) is 21.4. The Bertz CT molecular complexity index is 977. The van der Waals surface area contributed by atoms with E-state index in [1.807, 2.05) is 6.92 Å². The highest BCUT2D eigenvalue weighted by Gasteiger charge is 2.68. The van der Waals surface area contributed by atoms with Crippen LogP contribution in [0.2, 0.25) is 5.02 Å². The fourth-order valence-electron chi connectivity index (χ4n) is 4.66. The Morgan fingerprint density at radius 3 is 2.70 bits per heavy atom. The van der Waals surface area contributed by atoms with Gasteiger partial charge >= 0.3 is 0 Å². The second-order valence-electron chi connectivity index (χ2n) is 8.11. The molecule has 2 bridgehead atoms. The molecule has 3 aliphatic carbocycles. The van der Waals surface area contributed by atoms with Crippen LogP contribution in [0.25, 0.3) is 0 Å². The van der Waals surface area contributed by atoms with E-state index < -0.39 is 5.82 Å². The number of benzene rings is 1. The van der Waals surface area contributed by atoms with Crippen LogP contribution >= 0.6 is 11.6 Å². The zero-order valence-corrected chi connectivity index (χ0v) is 17.3. The number of pyridine rings is 1. The van der Waals surface area contributed by atoms with Crippen LogP contribution in [0.1, 0.15) is 43.0 Å². The van der Waals surface area contributed by atoms with Crippen molar-refractivity contribution in [2.75, 3.05) is 13.2 Å². The van der Waals surface area contributed by atoms with Crippen LogP contribution in [0.4, 0.5) is 4.39 Å². The predicted molar refractivity (Wildman–Crippen MR) is 108 cm³/mol. The lowest BCUT2D eigenvalue weighted by Gasteiger charge is -2.70. The Labute approximate surface area is 178 Å². The summed E-state index contributed by atoms with van der Waals surface area (Å²) in [6.45, 7) is 2.09. The van der Waals surface area contributed by atoms with Gasteiger partial charge in [-0.2, -0.15) is 0 Å². The Hall–Kier alpha value is -2.67. The predicted octanol–water partition coefficient (Wildman–Crippen LogP) is 3.96. The molecule has 158 valence electrons. The Balaban J connectivity index is 1.26. The fourth-order valence-corrected chi connectivity index (χ4v) is 4.77. The maximum atomic E-state index is 13.4. The number of carbonyl (C=O) groups is 2. The van der Waals surface area contributed by atoms with Gasteiger partial charge in [-0.3, -0.25) is 9.59 Å². The lowest BCUT2D eigenvalue weighted by Crippen LogP contribution is -2.75. The first-order valence-electron chi connectivity index (χ1n) is 9.84. The van der Waals surface area contributed by atoms with Crippen molar-refractivity contribution >= 4 is 23.3 Å². The molecule has 0 spiro atoms. The Morgan fingerprint density at radius 2 is 2.00 bits per heavy atom. The maximum absolute atomic E-state index is 13.4. The van der Waals surface area contributed by atoms with Gasteiger partial charge in [0.2, 0.25) is 5.88 Å². The number of rotatable bonds is 9. The van der Waals surface area contributed by atoms with Crippen molar-refractivity contribution in [3.8, 4) is 11.6 Å². The highest BCUT2D eigenvalue weighted by Crippen LogP contribution is 2.69. The number of nitrogens with zero attached hydrogens (tertiary/aromatic N) is 1. The number of ketones is 1. The molecule has 0 radical (unpaired) electrons. The van der Waals surface area contributed by atoms with Gasteiger partial charge in [0.1, 0.15) is 11.6 Å². The van der Waals surface area contributed by atoms with E-state index in [4.69, 9.17) is 21.1 Å². The summed E-state index contributed by atoms with van der Waals surface area (Å²) in [5.74, 6) is -0.236. The second kappa shape index (κ2) is 7.87. The van der Waals surface area contributed by atoms with Gasteiger partial charge in [0.05, 0.1) is 17.2 Å². The van der Waals surface area contributed by atoms with E-state index in [1.165, 1.54) is 12.1 Å². The van der Waals surface area contributed by atoms with E-state index >= 15 is 0 Å². The summed E-state index contributed by atoms with van der Waals surface area (Å²) < 4.78 is 24.2. The van der Waals surface area contributed by atoms with Crippen LogP contribution < -0.4 is 14.8 Å². The molecule has 6 nitrogen and oxygen atoms in total. The molecule has 0 atom stereocenters. The number of carbonyl (C=O) groups excluding carboxylic acids is 2. The summed E-state index contributed by atoms with van der Waals surface area (Å²) in [7, 11) is 0. The molecule has 0 unspecified atom stereocenters. The third kappa shape index (κ3) is 3.99. The normalized spacial score (nSPS) is 23.7. The van der Waals surface area contributed by atoms with Crippen LogP contribution in [0.15, 0.2) is 36.5 Å². The van der Waals surface area contributed by atoms with E-state index in [2.05, 4.69) is 10.3 Å². The smallest absolute Gasteiger partial charge is 0.258 e. The van der Waals surface area contributed by atoms with Crippen molar-refractivity contribution in [2.24, 2.45) is 5.41 Å². The van der Waals surface area contributed by atoms with Gasteiger partial charge < -0.3 is 14.8 Å². The van der Waals surface area contributed by atoms with Gasteiger partial charge in [0.25, 0.3) is 5.91 Å². The summed E-state index contributed by atoms with van der Waals surface area (Å²) in [6, 6.07) is 7.50. The SMILES string of the molecule is CCOc1ncccc1C(=O)CC12CC(NC(=O)COc3ccc(Cl)c(F)c3)(C1)C2. The summed E-state index contributed by atoms with van der Waals surface area (Å²) in [6.07, 6.45) is 4.30. The van der Waals surface area contributed by atoms with Crippen LogP contribution in [-0.4, -0.2) is 35.4 Å². The molecule has 1 aromatic carbocycles. The van der Waals surface area contributed by atoms with Gasteiger partial charge in [0, 0.05) is 24.2 Å².